The van der Waals surface area contributed by atoms with E-state index in [-0.39, 0.29) is 24.3 Å². The second kappa shape index (κ2) is 9.37. The van der Waals surface area contributed by atoms with Gasteiger partial charge >= 0.3 is 0 Å². The number of hydrogen-bond donors (Lipinski definition) is 2. The third-order valence-corrected chi connectivity index (χ3v) is 3.87. The average Bonchev–Trinajstić information content (AvgIpc) is 2.67. The molecule has 5 heteroatoms. The van der Waals surface area contributed by atoms with Crippen molar-refractivity contribution in [2.24, 2.45) is 11.0 Å². The summed E-state index contributed by atoms with van der Waals surface area (Å²) < 4.78 is 0. The lowest BCUT2D eigenvalue weighted by molar-refractivity contribution is -0.128. The van der Waals surface area contributed by atoms with E-state index in [0.717, 1.165) is 17.5 Å². The van der Waals surface area contributed by atoms with E-state index in [2.05, 4.69) is 15.8 Å². The van der Waals surface area contributed by atoms with Crippen LogP contribution in [0.2, 0.25) is 0 Å². The minimum absolute atomic E-state index is 0.0937. The first-order valence-corrected chi connectivity index (χ1v) is 8.37. The van der Waals surface area contributed by atoms with Crippen LogP contribution in [-0.4, -0.2) is 24.1 Å². The maximum atomic E-state index is 12.0. The Hall–Kier alpha value is -2.95. The first-order chi connectivity index (χ1) is 12.1. The van der Waals surface area contributed by atoms with Gasteiger partial charge in [0.2, 0.25) is 5.91 Å². The van der Waals surface area contributed by atoms with E-state index in [0.29, 0.717) is 5.71 Å². The fraction of sp³-hybridized carbons (Fsp3) is 0.250. The maximum Gasteiger partial charge on any atom is 0.259 e. The summed E-state index contributed by atoms with van der Waals surface area (Å²) in [6, 6.07) is 19.3. The Bertz CT molecular complexity index is 686. The molecule has 0 bridgehead atoms. The zero-order chi connectivity index (χ0) is 18.1. The van der Waals surface area contributed by atoms with Crippen LogP contribution in [0.4, 0.5) is 0 Å². The number of amides is 2. The predicted molar refractivity (Wildman–Crippen MR) is 99.1 cm³/mol. The zero-order valence-corrected chi connectivity index (χ0v) is 14.5. The summed E-state index contributed by atoms with van der Waals surface area (Å²) in [5.74, 6) is -0.602. The SMILES string of the molecule is CCC(C)C(=O)NCC(=O)NN=C(c1ccccc1)c1ccccc1. The Balaban J connectivity index is 2.08. The van der Waals surface area contributed by atoms with Gasteiger partial charge in [0, 0.05) is 17.0 Å². The largest absolute Gasteiger partial charge is 0.347 e. The molecule has 0 aliphatic carbocycles. The third kappa shape index (κ3) is 5.57. The summed E-state index contributed by atoms with van der Waals surface area (Å²) in [7, 11) is 0. The van der Waals surface area contributed by atoms with Gasteiger partial charge in [-0.15, -0.1) is 0 Å². The minimum atomic E-state index is -0.360. The monoisotopic (exact) mass is 337 g/mol. The molecular formula is C20H23N3O2. The quantitative estimate of drug-likeness (QED) is 0.602. The van der Waals surface area contributed by atoms with Crippen LogP contribution in [0.1, 0.15) is 31.4 Å². The van der Waals surface area contributed by atoms with Gasteiger partial charge in [0.1, 0.15) is 0 Å². The topological polar surface area (TPSA) is 70.6 Å². The molecule has 0 spiro atoms. The van der Waals surface area contributed by atoms with E-state index in [4.69, 9.17) is 0 Å². The Morgan fingerprint density at radius 3 is 1.96 bits per heavy atom. The number of hydrazone groups is 1. The smallest absolute Gasteiger partial charge is 0.259 e. The van der Waals surface area contributed by atoms with E-state index in [9.17, 15) is 9.59 Å². The first-order valence-electron chi connectivity index (χ1n) is 8.37. The Labute approximate surface area is 148 Å². The molecule has 0 saturated carbocycles. The zero-order valence-electron chi connectivity index (χ0n) is 14.5. The van der Waals surface area contributed by atoms with Crippen LogP contribution in [0, 0.1) is 5.92 Å². The Morgan fingerprint density at radius 1 is 0.960 bits per heavy atom. The fourth-order valence-electron chi connectivity index (χ4n) is 2.17. The molecule has 0 radical (unpaired) electrons. The van der Waals surface area contributed by atoms with Gasteiger partial charge in [0.25, 0.3) is 5.91 Å². The summed E-state index contributed by atoms with van der Waals surface area (Å²) in [6.07, 6.45) is 0.734. The minimum Gasteiger partial charge on any atom is -0.347 e. The highest BCUT2D eigenvalue weighted by Gasteiger charge is 2.12. The average molecular weight is 337 g/mol. The summed E-state index contributed by atoms with van der Waals surface area (Å²) in [6.45, 7) is 3.67. The number of hydrogen-bond acceptors (Lipinski definition) is 3. The van der Waals surface area contributed by atoms with Crippen molar-refractivity contribution in [3.8, 4) is 0 Å². The van der Waals surface area contributed by atoms with E-state index >= 15 is 0 Å². The van der Waals surface area contributed by atoms with Crippen LogP contribution >= 0.6 is 0 Å². The molecule has 130 valence electrons. The van der Waals surface area contributed by atoms with Crippen LogP contribution in [0.15, 0.2) is 65.8 Å². The van der Waals surface area contributed by atoms with E-state index in [1.807, 2.05) is 74.5 Å². The fourth-order valence-corrected chi connectivity index (χ4v) is 2.17. The van der Waals surface area contributed by atoms with Crippen LogP contribution in [-0.2, 0) is 9.59 Å². The molecule has 0 aromatic heterocycles. The lowest BCUT2D eigenvalue weighted by Gasteiger charge is -2.10. The molecule has 2 rings (SSSR count). The number of nitrogens with one attached hydrogen (secondary N) is 2. The number of benzene rings is 2. The van der Waals surface area contributed by atoms with Crippen molar-refractivity contribution in [1.29, 1.82) is 0 Å². The van der Waals surface area contributed by atoms with Gasteiger partial charge in [0.15, 0.2) is 0 Å². The highest BCUT2D eigenvalue weighted by Crippen LogP contribution is 2.10. The predicted octanol–water partition coefficient (Wildman–Crippen LogP) is 2.72. The molecule has 0 saturated heterocycles. The molecule has 1 unspecified atom stereocenters. The molecular weight excluding hydrogens is 314 g/mol. The summed E-state index contributed by atoms with van der Waals surface area (Å²) >= 11 is 0. The molecule has 2 amide bonds. The third-order valence-electron chi connectivity index (χ3n) is 3.87. The number of rotatable bonds is 7. The van der Waals surface area contributed by atoms with Gasteiger partial charge in [0.05, 0.1) is 12.3 Å². The van der Waals surface area contributed by atoms with E-state index in [1.54, 1.807) is 0 Å². The van der Waals surface area contributed by atoms with Crippen molar-refractivity contribution >= 4 is 17.5 Å². The molecule has 0 fully saturated rings. The van der Waals surface area contributed by atoms with Gasteiger partial charge in [-0.3, -0.25) is 9.59 Å². The van der Waals surface area contributed by atoms with Crippen molar-refractivity contribution in [1.82, 2.24) is 10.7 Å². The van der Waals surface area contributed by atoms with Gasteiger partial charge < -0.3 is 5.32 Å². The summed E-state index contributed by atoms with van der Waals surface area (Å²) in [5, 5.41) is 6.89. The van der Waals surface area contributed by atoms with Gasteiger partial charge in [-0.2, -0.15) is 5.10 Å². The summed E-state index contributed by atoms with van der Waals surface area (Å²) in [4.78, 5) is 23.7. The Morgan fingerprint density at radius 2 is 1.48 bits per heavy atom. The number of carbonyl (C=O) groups is 2. The van der Waals surface area contributed by atoms with E-state index < -0.39 is 0 Å². The molecule has 1 atom stereocenters. The van der Waals surface area contributed by atoms with Gasteiger partial charge in [-0.25, -0.2) is 5.43 Å². The van der Waals surface area contributed by atoms with Crippen LogP contribution < -0.4 is 10.7 Å². The molecule has 0 aliphatic rings. The lowest BCUT2D eigenvalue weighted by Crippen LogP contribution is -2.37. The maximum absolute atomic E-state index is 12.0. The standard InChI is InChI=1S/C20H23N3O2/c1-3-15(2)20(25)21-14-18(24)22-23-19(16-10-6-4-7-11-16)17-12-8-5-9-13-17/h4-13,15H,3,14H2,1-2H3,(H,21,25)(H,22,24). The van der Waals surface area contributed by atoms with Crippen molar-refractivity contribution in [2.45, 2.75) is 20.3 Å². The molecule has 2 aromatic rings. The van der Waals surface area contributed by atoms with Crippen LogP contribution in [0.5, 0.6) is 0 Å². The molecule has 25 heavy (non-hydrogen) atoms. The van der Waals surface area contributed by atoms with Crippen molar-refractivity contribution < 1.29 is 9.59 Å². The molecule has 2 N–H and O–H groups in total. The van der Waals surface area contributed by atoms with Crippen LogP contribution in [0.3, 0.4) is 0 Å². The molecule has 5 nitrogen and oxygen atoms in total. The van der Waals surface area contributed by atoms with Crippen LogP contribution in [0.25, 0.3) is 0 Å². The summed E-state index contributed by atoms with van der Waals surface area (Å²) in [5.41, 5.74) is 5.00. The van der Waals surface area contributed by atoms with Gasteiger partial charge in [-0.1, -0.05) is 74.5 Å². The molecule has 0 aliphatic heterocycles. The second-order valence-electron chi connectivity index (χ2n) is 5.75. The van der Waals surface area contributed by atoms with Crippen molar-refractivity contribution in [3.05, 3.63) is 71.8 Å². The highest BCUT2D eigenvalue weighted by atomic mass is 16.2. The molecule has 2 aromatic carbocycles. The highest BCUT2D eigenvalue weighted by molar-refractivity contribution is 6.13. The molecule has 0 heterocycles. The Kier molecular flexibility index (Phi) is 6.89. The first kappa shape index (κ1) is 18.4. The van der Waals surface area contributed by atoms with Crippen molar-refractivity contribution in [3.63, 3.8) is 0 Å². The second-order valence-corrected chi connectivity index (χ2v) is 5.75. The lowest BCUT2D eigenvalue weighted by atomic mass is 10.0. The van der Waals surface area contributed by atoms with Gasteiger partial charge in [-0.05, 0) is 6.42 Å². The normalized spacial score (nSPS) is 11.3. The number of nitrogens with zero attached hydrogens (tertiary/aromatic N) is 1. The number of carbonyl (C=O) groups excluding carboxylic acids is 2. The van der Waals surface area contributed by atoms with Crippen molar-refractivity contribution in [2.75, 3.05) is 6.54 Å². The van der Waals surface area contributed by atoms with E-state index in [1.165, 1.54) is 0 Å².